The Morgan fingerprint density at radius 2 is 2.03 bits per heavy atom. The first-order valence-corrected chi connectivity index (χ1v) is 10.5. The van der Waals surface area contributed by atoms with Gasteiger partial charge in [-0.2, -0.15) is 13.2 Å². The molecule has 2 atom stereocenters. The van der Waals surface area contributed by atoms with E-state index in [0.717, 1.165) is 18.9 Å². The van der Waals surface area contributed by atoms with Crippen LogP contribution in [0, 0.1) is 13.8 Å². The van der Waals surface area contributed by atoms with Gasteiger partial charge in [0.15, 0.2) is 0 Å². The van der Waals surface area contributed by atoms with E-state index in [1.165, 1.54) is 18.2 Å². The number of allylic oxidation sites excluding steroid dienone is 1. The van der Waals surface area contributed by atoms with Gasteiger partial charge in [0.05, 0.1) is 12.0 Å². The number of alkyl halides is 3. The van der Waals surface area contributed by atoms with Crippen LogP contribution in [-0.4, -0.2) is 31.3 Å². The van der Waals surface area contributed by atoms with E-state index in [0.29, 0.717) is 35.4 Å². The van der Waals surface area contributed by atoms with Crippen molar-refractivity contribution in [2.75, 3.05) is 13.2 Å². The summed E-state index contributed by atoms with van der Waals surface area (Å²) in [5.41, 5.74) is 2.53. The van der Waals surface area contributed by atoms with E-state index in [-0.39, 0.29) is 22.6 Å². The highest BCUT2D eigenvalue weighted by atomic mass is 35.5. The normalized spacial score (nSPS) is 17.8. The number of aryl methyl sites for hydroxylation is 2. The molecule has 166 valence electrons. The average molecular weight is 452 g/mol. The number of halogens is 4. The molecule has 1 aliphatic heterocycles. The number of carbonyl (C=O) groups is 1. The molecule has 3 nitrogen and oxygen atoms in total. The van der Waals surface area contributed by atoms with Crippen molar-refractivity contribution in [3.8, 4) is 0 Å². The van der Waals surface area contributed by atoms with Crippen LogP contribution < -0.4 is 5.32 Å². The van der Waals surface area contributed by atoms with Crippen molar-refractivity contribution in [2.45, 2.75) is 44.9 Å². The molecule has 1 heterocycles. The molecule has 1 aliphatic rings. The summed E-state index contributed by atoms with van der Waals surface area (Å²) in [7, 11) is 0. The second-order valence-corrected chi connectivity index (χ2v) is 8.30. The zero-order valence-corrected chi connectivity index (χ0v) is 18.2. The lowest BCUT2D eigenvalue weighted by molar-refractivity contribution is -0.139. The van der Waals surface area contributed by atoms with Crippen molar-refractivity contribution < 1.29 is 22.7 Å². The highest BCUT2D eigenvalue weighted by molar-refractivity contribution is 6.30. The quantitative estimate of drug-likeness (QED) is 0.565. The Morgan fingerprint density at radius 1 is 1.26 bits per heavy atom. The molecular weight excluding hydrogens is 427 g/mol. The predicted octanol–water partition coefficient (Wildman–Crippen LogP) is 6.22. The maximum Gasteiger partial charge on any atom is 0.399 e. The van der Waals surface area contributed by atoms with Crippen LogP contribution in [0.2, 0.25) is 5.02 Å². The molecular formula is C24H25ClF3NO2. The second-order valence-electron chi connectivity index (χ2n) is 7.86. The number of hydrogen-bond acceptors (Lipinski definition) is 2. The smallest absolute Gasteiger partial charge is 0.376 e. The fourth-order valence-electron chi connectivity index (χ4n) is 3.71. The van der Waals surface area contributed by atoms with Gasteiger partial charge in [0, 0.05) is 23.7 Å². The standard InChI is InChI=1S/C24H25ClF3NO2/c1-15-10-18(13-19(25)11-15)22(24(26,27)28)8-6-17-5-7-21(16(2)12-17)23(30)29-14-20-4-3-9-31-20/h5-8,10-13,20,22H,3-4,9,14H2,1-2H3,(H,29,30)/b8-6+. The van der Waals surface area contributed by atoms with Crippen molar-refractivity contribution >= 4 is 23.6 Å². The first-order chi connectivity index (χ1) is 14.6. The summed E-state index contributed by atoms with van der Waals surface area (Å²) < 4.78 is 46.5. The molecule has 1 fully saturated rings. The Bertz CT molecular complexity index is 946. The maximum atomic E-state index is 13.7. The highest BCUT2D eigenvalue weighted by Gasteiger charge is 2.39. The van der Waals surface area contributed by atoms with Gasteiger partial charge in [0.1, 0.15) is 0 Å². The molecule has 0 spiro atoms. The van der Waals surface area contributed by atoms with Gasteiger partial charge in [-0.25, -0.2) is 0 Å². The molecule has 0 aromatic heterocycles. The summed E-state index contributed by atoms with van der Waals surface area (Å²) >= 11 is 5.96. The van der Waals surface area contributed by atoms with Crippen molar-refractivity contribution in [2.24, 2.45) is 0 Å². The van der Waals surface area contributed by atoms with Gasteiger partial charge in [0.2, 0.25) is 0 Å². The molecule has 3 rings (SSSR count). The highest BCUT2D eigenvalue weighted by Crippen LogP contribution is 2.37. The zero-order valence-electron chi connectivity index (χ0n) is 17.4. The van der Waals surface area contributed by atoms with E-state index < -0.39 is 12.1 Å². The fourth-order valence-corrected chi connectivity index (χ4v) is 4.01. The third kappa shape index (κ3) is 6.34. The molecule has 0 saturated carbocycles. The van der Waals surface area contributed by atoms with E-state index in [1.54, 1.807) is 38.1 Å². The van der Waals surface area contributed by atoms with Gasteiger partial charge in [-0.05, 0) is 67.1 Å². The molecule has 2 aromatic rings. The average Bonchev–Trinajstić information content (AvgIpc) is 3.18. The van der Waals surface area contributed by atoms with Crippen LogP contribution in [0.4, 0.5) is 13.2 Å². The summed E-state index contributed by atoms with van der Waals surface area (Å²) in [4.78, 5) is 12.4. The fraction of sp³-hybridized carbons (Fsp3) is 0.375. The molecule has 1 N–H and O–H groups in total. The van der Waals surface area contributed by atoms with Crippen molar-refractivity contribution in [3.05, 3.63) is 75.3 Å². The Hall–Kier alpha value is -2.31. The van der Waals surface area contributed by atoms with Crippen LogP contribution in [0.15, 0.2) is 42.5 Å². The van der Waals surface area contributed by atoms with Crippen LogP contribution in [0.5, 0.6) is 0 Å². The third-order valence-corrected chi connectivity index (χ3v) is 5.48. The van der Waals surface area contributed by atoms with E-state index in [1.807, 2.05) is 0 Å². The van der Waals surface area contributed by atoms with Crippen LogP contribution in [-0.2, 0) is 4.74 Å². The Morgan fingerprint density at radius 3 is 2.65 bits per heavy atom. The van der Waals surface area contributed by atoms with Crippen molar-refractivity contribution in [3.63, 3.8) is 0 Å². The Labute approximate surface area is 185 Å². The summed E-state index contributed by atoms with van der Waals surface area (Å²) in [5, 5.41) is 3.13. The van der Waals surface area contributed by atoms with Gasteiger partial charge in [-0.15, -0.1) is 0 Å². The zero-order chi connectivity index (χ0) is 22.6. The third-order valence-electron chi connectivity index (χ3n) is 5.27. The van der Waals surface area contributed by atoms with Crippen LogP contribution >= 0.6 is 11.6 Å². The number of rotatable bonds is 6. The van der Waals surface area contributed by atoms with Gasteiger partial charge in [-0.1, -0.05) is 42.0 Å². The van der Waals surface area contributed by atoms with Gasteiger partial charge >= 0.3 is 6.18 Å². The number of ether oxygens (including phenoxy) is 1. The molecule has 7 heteroatoms. The monoisotopic (exact) mass is 451 g/mol. The summed E-state index contributed by atoms with van der Waals surface area (Å²) in [6.45, 7) is 4.64. The lowest BCUT2D eigenvalue weighted by Gasteiger charge is -2.18. The molecule has 1 amide bonds. The summed E-state index contributed by atoms with van der Waals surface area (Å²) in [6, 6.07) is 9.42. The number of nitrogens with one attached hydrogen (secondary N) is 1. The topological polar surface area (TPSA) is 38.3 Å². The van der Waals surface area contributed by atoms with E-state index in [2.05, 4.69) is 5.32 Å². The van der Waals surface area contributed by atoms with E-state index in [9.17, 15) is 18.0 Å². The molecule has 2 unspecified atom stereocenters. The molecule has 0 aliphatic carbocycles. The van der Waals surface area contributed by atoms with Crippen LogP contribution in [0.25, 0.3) is 6.08 Å². The summed E-state index contributed by atoms with van der Waals surface area (Å²) in [6.07, 6.45) is 0.0575. The van der Waals surface area contributed by atoms with Gasteiger partial charge in [-0.3, -0.25) is 4.79 Å². The molecule has 0 bridgehead atoms. The largest absolute Gasteiger partial charge is 0.399 e. The number of amides is 1. The SMILES string of the molecule is Cc1cc(Cl)cc(C(/C=C/c2ccc(C(=O)NCC3CCCO3)c(C)c2)C(F)(F)F)c1. The summed E-state index contributed by atoms with van der Waals surface area (Å²) in [5.74, 6) is -1.99. The molecule has 2 aromatic carbocycles. The van der Waals surface area contributed by atoms with Gasteiger partial charge < -0.3 is 10.1 Å². The lowest BCUT2D eigenvalue weighted by Crippen LogP contribution is -2.32. The Balaban J connectivity index is 1.75. The first kappa shape index (κ1) is 23.4. The van der Waals surface area contributed by atoms with Crippen LogP contribution in [0.1, 0.15) is 51.4 Å². The van der Waals surface area contributed by atoms with Gasteiger partial charge in [0.25, 0.3) is 5.91 Å². The molecule has 0 radical (unpaired) electrons. The number of carbonyl (C=O) groups excluding carboxylic acids is 1. The second kappa shape index (κ2) is 9.88. The lowest BCUT2D eigenvalue weighted by atomic mass is 9.95. The van der Waals surface area contributed by atoms with Crippen molar-refractivity contribution in [1.82, 2.24) is 5.32 Å². The predicted molar refractivity (Wildman–Crippen MR) is 117 cm³/mol. The minimum atomic E-state index is -4.45. The van der Waals surface area contributed by atoms with E-state index in [4.69, 9.17) is 16.3 Å². The molecule has 31 heavy (non-hydrogen) atoms. The number of hydrogen-bond donors (Lipinski definition) is 1. The maximum absolute atomic E-state index is 13.7. The Kier molecular flexibility index (Phi) is 7.44. The molecule has 1 saturated heterocycles. The minimum Gasteiger partial charge on any atom is -0.376 e. The van der Waals surface area contributed by atoms with E-state index >= 15 is 0 Å². The number of benzene rings is 2. The van der Waals surface area contributed by atoms with Crippen LogP contribution in [0.3, 0.4) is 0 Å². The minimum absolute atomic E-state index is 0.0425. The van der Waals surface area contributed by atoms with Crippen molar-refractivity contribution in [1.29, 1.82) is 0 Å². The first-order valence-electron chi connectivity index (χ1n) is 10.2.